The summed E-state index contributed by atoms with van der Waals surface area (Å²) in [5.41, 5.74) is 10.5. The Bertz CT molecular complexity index is 524. The van der Waals surface area contributed by atoms with Crippen molar-refractivity contribution >= 4 is 15.9 Å². The Morgan fingerprint density at radius 2 is 2.10 bits per heavy atom. The first kappa shape index (κ1) is 14.2. The maximum atomic E-state index is 6.37. The second-order valence-electron chi connectivity index (χ2n) is 5.93. The van der Waals surface area contributed by atoms with Gasteiger partial charge in [-0.2, -0.15) is 0 Å². The van der Waals surface area contributed by atoms with Crippen molar-refractivity contribution in [3.05, 3.63) is 39.4 Å². The number of hydrogen-bond acceptors (Lipinski definition) is 2. The zero-order valence-corrected chi connectivity index (χ0v) is 13.4. The van der Waals surface area contributed by atoms with Crippen molar-refractivity contribution in [1.29, 1.82) is 0 Å². The van der Waals surface area contributed by atoms with E-state index in [9.17, 15) is 0 Å². The van der Waals surface area contributed by atoms with Crippen LogP contribution in [-0.2, 0) is 12.8 Å². The van der Waals surface area contributed by atoms with Crippen molar-refractivity contribution in [2.45, 2.75) is 51.0 Å². The topological polar surface area (TPSA) is 35.2 Å². The third-order valence-electron chi connectivity index (χ3n) is 4.22. The molecule has 1 aliphatic heterocycles. The van der Waals surface area contributed by atoms with Gasteiger partial charge in [-0.1, -0.05) is 27.6 Å². The molecule has 0 amide bonds. The highest BCUT2D eigenvalue weighted by molar-refractivity contribution is 9.10. The number of ether oxygens (including phenoxy) is 1. The Morgan fingerprint density at radius 1 is 1.20 bits per heavy atom. The fourth-order valence-electron chi connectivity index (χ4n) is 3.28. The molecule has 0 bridgehead atoms. The van der Waals surface area contributed by atoms with Gasteiger partial charge in [-0.3, -0.25) is 0 Å². The van der Waals surface area contributed by atoms with Crippen LogP contribution >= 0.6 is 15.9 Å². The van der Waals surface area contributed by atoms with Crippen LogP contribution in [0.3, 0.4) is 0 Å². The molecule has 2 aliphatic rings. The summed E-state index contributed by atoms with van der Waals surface area (Å²) in [4.78, 5) is 0. The quantitative estimate of drug-likeness (QED) is 0.839. The molecule has 0 spiro atoms. The molecule has 0 saturated heterocycles. The third-order valence-corrected chi connectivity index (χ3v) is 4.67. The van der Waals surface area contributed by atoms with E-state index in [-0.39, 0.29) is 6.04 Å². The first-order valence-electron chi connectivity index (χ1n) is 7.60. The maximum Gasteiger partial charge on any atom is 0.125 e. The van der Waals surface area contributed by atoms with Gasteiger partial charge in [0.2, 0.25) is 0 Å². The normalized spacial score (nSPS) is 19.2. The van der Waals surface area contributed by atoms with Crippen molar-refractivity contribution in [2.24, 2.45) is 5.73 Å². The molecule has 0 aromatic heterocycles. The first-order valence-corrected chi connectivity index (χ1v) is 8.39. The van der Waals surface area contributed by atoms with E-state index in [0.29, 0.717) is 0 Å². The van der Waals surface area contributed by atoms with Gasteiger partial charge in [0.05, 0.1) is 6.61 Å². The Hall–Kier alpha value is -0.800. The van der Waals surface area contributed by atoms with Gasteiger partial charge in [0.15, 0.2) is 0 Å². The number of hydrogen-bond donors (Lipinski definition) is 1. The second kappa shape index (κ2) is 6.31. The van der Waals surface area contributed by atoms with Crippen LogP contribution in [0.4, 0.5) is 0 Å². The lowest BCUT2D eigenvalue weighted by Gasteiger charge is -2.18. The van der Waals surface area contributed by atoms with Crippen molar-refractivity contribution in [3.8, 4) is 5.75 Å². The molecule has 1 aromatic rings. The van der Waals surface area contributed by atoms with Crippen LogP contribution in [0, 0.1) is 0 Å². The Labute approximate surface area is 129 Å². The van der Waals surface area contributed by atoms with E-state index >= 15 is 0 Å². The van der Waals surface area contributed by atoms with Crippen LogP contribution < -0.4 is 10.5 Å². The summed E-state index contributed by atoms with van der Waals surface area (Å²) in [7, 11) is 0. The largest absolute Gasteiger partial charge is 0.493 e. The van der Waals surface area contributed by atoms with Crippen LogP contribution in [0.1, 0.15) is 43.2 Å². The van der Waals surface area contributed by atoms with E-state index in [1.807, 2.05) is 0 Å². The van der Waals surface area contributed by atoms with Gasteiger partial charge in [-0.05, 0) is 61.8 Å². The number of benzene rings is 1. The second-order valence-corrected chi connectivity index (χ2v) is 6.84. The molecule has 20 heavy (non-hydrogen) atoms. The highest BCUT2D eigenvalue weighted by Crippen LogP contribution is 2.34. The van der Waals surface area contributed by atoms with E-state index in [2.05, 4.69) is 34.1 Å². The van der Waals surface area contributed by atoms with E-state index in [1.165, 1.54) is 36.8 Å². The Kier molecular flexibility index (Phi) is 4.47. The predicted octanol–water partition coefficient (Wildman–Crippen LogP) is 4.14. The van der Waals surface area contributed by atoms with E-state index < -0.39 is 0 Å². The number of halogens is 1. The highest BCUT2D eigenvalue weighted by Gasteiger charge is 2.19. The van der Waals surface area contributed by atoms with Gasteiger partial charge in [0, 0.05) is 16.9 Å². The van der Waals surface area contributed by atoms with Crippen molar-refractivity contribution < 1.29 is 4.74 Å². The fraction of sp³-hybridized carbons (Fsp3) is 0.529. The molecule has 1 atom stereocenters. The van der Waals surface area contributed by atoms with Crippen LogP contribution in [0.25, 0.3) is 0 Å². The number of rotatable bonds is 4. The third kappa shape index (κ3) is 3.26. The molecule has 3 heteroatoms. The minimum atomic E-state index is 0.196. The van der Waals surface area contributed by atoms with Gasteiger partial charge >= 0.3 is 0 Å². The monoisotopic (exact) mass is 335 g/mol. The summed E-state index contributed by atoms with van der Waals surface area (Å²) in [6.07, 6.45) is 10.5. The molecule has 108 valence electrons. The smallest absolute Gasteiger partial charge is 0.125 e. The van der Waals surface area contributed by atoms with Crippen molar-refractivity contribution in [1.82, 2.24) is 0 Å². The Balaban J connectivity index is 1.69. The van der Waals surface area contributed by atoms with Gasteiger partial charge in [0.1, 0.15) is 5.75 Å². The highest BCUT2D eigenvalue weighted by atomic mass is 79.9. The molecule has 0 fully saturated rings. The molecule has 1 unspecified atom stereocenters. The molecular formula is C17H22BrNO. The van der Waals surface area contributed by atoms with Crippen LogP contribution in [0.15, 0.2) is 28.3 Å². The fourth-order valence-corrected chi connectivity index (χ4v) is 3.83. The SMILES string of the molecule is NC(CC1=CCCCC1)Cc1cc(Br)cc2c1OCC2. The number of allylic oxidation sites excluding steroid dienone is 1. The first-order chi connectivity index (χ1) is 9.72. The van der Waals surface area contributed by atoms with E-state index in [0.717, 1.165) is 36.1 Å². The predicted molar refractivity (Wildman–Crippen MR) is 86.2 cm³/mol. The van der Waals surface area contributed by atoms with E-state index in [1.54, 1.807) is 5.57 Å². The van der Waals surface area contributed by atoms with Crippen LogP contribution in [0.2, 0.25) is 0 Å². The summed E-state index contributed by atoms with van der Waals surface area (Å²) in [5.74, 6) is 1.08. The van der Waals surface area contributed by atoms with Crippen molar-refractivity contribution in [2.75, 3.05) is 6.61 Å². The number of nitrogens with two attached hydrogens (primary N) is 1. The van der Waals surface area contributed by atoms with Gasteiger partial charge in [-0.25, -0.2) is 0 Å². The number of fused-ring (bicyclic) bond motifs is 1. The van der Waals surface area contributed by atoms with E-state index in [4.69, 9.17) is 10.5 Å². The lowest BCUT2D eigenvalue weighted by Crippen LogP contribution is -2.24. The van der Waals surface area contributed by atoms with Gasteiger partial charge < -0.3 is 10.5 Å². The van der Waals surface area contributed by atoms with Gasteiger partial charge in [0.25, 0.3) is 0 Å². The summed E-state index contributed by atoms with van der Waals surface area (Å²) >= 11 is 3.60. The summed E-state index contributed by atoms with van der Waals surface area (Å²) in [6, 6.07) is 4.53. The molecule has 1 heterocycles. The molecular weight excluding hydrogens is 314 g/mol. The maximum absolute atomic E-state index is 6.37. The molecule has 0 radical (unpaired) electrons. The molecule has 2 nitrogen and oxygen atoms in total. The van der Waals surface area contributed by atoms with Gasteiger partial charge in [-0.15, -0.1) is 0 Å². The molecule has 1 aromatic carbocycles. The molecule has 2 N–H and O–H groups in total. The van der Waals surface area contributed by atoms with Crippen molar-refractivity contribution in [3.63, 3.8) is 0 Å². The summed E-state index contributed by atoms with van der Waals surface area (Å²) in [5, 5.41) is 0. The average Bonchev–Trinajstić information content (AvgIpc) is 2.88. The summed E-state index contributed by atoms with van der Waals surface area (Å²) in [6.45, 7) is 0.805. The minimum absolute atomic E-state index is 0.196. The minimum Gasteiger partial charge on any atom is -0.493 e. The zero-order chi connectivity index (χ0) is 13.9. The molecule has 3 rings (SSSR count). The average molecular weight is 336 g/mol. The standard InChI is InChI=1S/C17H22BrNO/c18-15-9-13-6-7-20-17(13)14(10-15)11-16(19)8-12-4-2-1-3-5-12/h4,9-10,16H,1-3,5-8,11,19H2. The van der Waals surface area contributed by atoms with Crippen LogP contribution in [-0.4, -0.2) is 12.6 Å². The Morgan fingerprint density at radius 3 is 2.90 bits per heavy atom. The zero-order valence-electron chi connectivity index (χ0n) is 11.8. The molecule has 1 aliphatic carbocycles. The lowest BCUT2D eigenvalue weighted by atomic mass is 9.92. The van der Waals surface area contributed by atoms with Crippen LogP contribution in [0.5, 0.6) is 5.75 Å². The molecule has 0 saturated carbocycles. The summed E-state index contributed by atoms with van der Waals surface area (Å²) < 4.78 is 6.92. The lowest BCUT2D eigenvalue weighted by molar-refractivity contribution is 0.352.